The predicted molar refractivity (Wildman–Crippen MR) is 92.8 cm³/mol. The minimum absolute atomic E-state index is 0.161. The first-order chi connectivity index (χ1) is 11.8. The molecule has 5 heteroatoms. The van der Waals surface area contributed by atoms with Crippen LogP contribution in [0, 0.1) is 0 Å². The van der Waals surface area contributed by atoms with Crippen LogP contribution in [-0.2, 0) is 16.1 Å². The van der Waals surface area contributed by atoms with Crippen LogP contribution in [0.4, 0.5) is 4.79 Å². The zero-order chi connectivity index (χ0) is 16.6. The molecule has 2 fully saturated rings. The highest BCUT2D eigenvalue weighted by molar-refractivity contribution is 5.68. The van der Waals surface area contributed by atoms with Gasteiger partial charge in [0, 0.05) is 26.2 Å². The van der Waals surface area contributed by atoms with Crippen LogP contribution in [0.2, 0.25) is 0 Å². The fourth-order valence-corrected chi connectivity index (χ4v) is 3.17. The first-order valence-electron chi connectivity index (χ1n) is 8.77. The third-order valence-corrected chi connectivity index (χ3v) is 4.56. The van der Waals surface area contributed by atoms with Gasteiger partial charge in [0.25, 0.3) is 0 Å². The van der Waals surface area contributed by atoms with E-state index in [1.54, 1.807) is 0 Å². The number of hydrogen-bond acceptors (Lipinski definition) is 4. The van der Waals surface area contributed by atoms with Gasteiger partial charge in [-0.15, -0.1) is 0 Å². The molecule has 130 valence electrons. The molecule has 24 heavy (non-hydrogen) atoms. The van der Waals surface area contributed by atoms with Gasteiger partial charge in [-0.25, -0.2) is 4.79 Å². The van der Waals surface area contributed by atoms with E-state index in [-0.39, 0.29) is 12.1 Å². The molecule has 0 spiro atoms. The van der Waals surface area contributed by atoms with E-state index in [1.807, 2.05) is 35.2 Å². The van der Waals surface area contributed by atoms with E-state index in [1.165, 1.54) is 0 Å². The van der Waals surface area contributed by atoms with Gasteiger partial charge in [0.2, 0.25) is 0 Å². The number of ether oxygens (including phenoxy) is 2. The van der Waals surface area contributed by atoms with Crippen LogP contribution >= 0.6 is 0 Å². The Labute approximate surface area is 143 Å². The SMILES string of the molecule is O=C(OCc1ccccc1)N1CCC[C@H]1/C=C/CN1CCOCC1. The Hall–Kier alpha value is -1.85. The van der Waals surface area contributed by atoms with Crippen LogP contribution in [-0.4, -0.2) is 61.3 Å². The highest BCUT2D eigenvalue weighted by Gasteiger charge is 2.27. The highest BCUT2D eigenvalue weighted by Crippen LogP contribution is 2.20. The second-order valence-electron chi connectivity index (χ2n) is 6.28. The van der Waals surface area contributed by atoms with Gasteiger partial charge in [0.05, 0.1) is 19.3 Å². The molecule has 1 amide bonds. The van der Waals surface area contributed by atoms with E-state index >= 15 is 0 Å². The Bertz CT molecular complexity index is 541. The van der Waals surface area contributed by atoms with E-state index < -0.39 is 0 Å². The second-order valence-corrected chi connectivity index (χ2v) is 6.28. The predicted octanol–water partition coefficient (Wildman–Crippen LogP) is 2.68. The van der Waals surface area contributed by atoms with Crippen molar-refractivity contribution in [2.75, 3.05) is 39.4 Å². The molecule has 1 aromatic carbocycles. The molecule has 0 bridgehead atoms. The zero-order valence-corrected chi connectivity index (χ0v) is 14.1. The van der Waals surface area contributed by atoms with Gasteiger partial charge in [-0.05, 0) is 18.4 Å². The summed E-state index contributed by atoms with van der Waals surface area (Å²) in [5.74, 6) is 0. The number of hydrogen-bond donors (Lipinski definition) is 0. The molecule has 0 aromatic heterocycles. The van der Waals surface area contributed by atoms with Gasteiger partial charge in [-0.2, -0.15) is 0 Å². The fraction of sp³-hybridized carbons (Fsp3) is 0.526. The molecule has 0 unspecified atom stereocenters. The summed E-state index contributed by atoms with van der Waals surface area (Å²) >= 11 is 0. The maximum Gasteiger partial charge on any atom is 0.410 e. The lowest BCUT2D eigenvalue weighted by atomic mass is 10.2. The van der Waals surface area contributed by atoms with E-state index in [9.17, 15) is 4.79 Å². The lowest BCUT2D eigenvalue weighted by Gasteiger charge is -2.26. The Balaban J connectivity index is 1.46. The monoisotopic (exact) mass is 330 g/mol. The van der Waals surface area contributed by atoms with Crippen LogP contribution in [0.3, 0.4) is 0 Å². The lowest BCUT2D eigenvalue weighted by molar-refractivity contribution is 0.0433. The standard InChI is InChI=1S/C19H26N2O3/c22-19(24-16-17-6-2-1-3-7-17)21-11-5-9-18(21)8-4-10-20-12-14-23-15-13-20/h1-4,6-8,18H,5,9-16H2/b8-4+/t18-/m1/s1. The molecule has 0 radical (unpaired) electrons. The lowest BCUT2D eigenvalue weighted by Crippen LogP contribution is -2.37. The minimum Gasteiger partial charge on any atom is -0.445 e. The van der Waals surface area contributed by atoms with Gasteiger partial charge < -0.3 is 14.4 Å². The van der Waals surface area contributed by atoms with Crippen molar-refractivity contribution in [1.82, 2.24) is 9.80 Å². The van der Waals surface area contributed by atoms with Crippen LogP contribution < -0.4 is 0 Å². The van der Waals surface area contributed by atoms with Crippen molar-refractivity contribution in [2.45, 2.75) is 25.5 Å². The maximum atomic E-state index is 12.3. The summed E-state index contributed by atoms with van der Waals surface area (Å²) in [5, 5.41) is 0. The molecule has 2 aliphatic heterocycles. The largest absolute Gasteiger partial charge is 0.445 e. The Morgan fingerprint density at radius 1 is 1.21 bits per heavy atom. The normalized spacial score (nSPS) is 22.2. The molecule has 3 rings (SSSR count). The van der Waals surface area contributed by atoms with Crippen LogP contribution in [0.15, 0.2) is 42.5 Å². The molecule has 0 saturated carbocycles. The molecule has 2 heterocycles. The number of rotatable bonds is 5. The maximum absolute atomic E-state index is 12.3. The van der Waals surface area contributed by atoms with Crippen LogP contribution in [0.25, 0.3) is 0 Å². The third-order valence-electron chi connectivity index (χ3n) is 4.56. The van der Waals surface area contributed by atoms with Gasteiger partial charge >= 0.3 is 6.09 Å². The second kappa shape index (κ2) is 8.85. The number of carbonyl (C=O) groups excluding carboxylic acids is 1. The number of nitrogens with zero attached hydrogens (tertiary/aromatic N) is 2. The number of morpholine rings is 1. The van der Waals surface area contributed by atoms with Crippen molar-refractivity contribution in [2.24, 2.45) is 0 Å². The van der Waals surface area contributed by atoms with E-state index in [2.05, 4.69) is 17.1 Å². The van der Waals surface area contributed by atoms with Crippen LogP contribution in [0.1, 0.15) is 18.4 Å². The summed E-state index contributed by atoms with van der Waals surface area (Å²) in [6.45, 7) is 5.63. The average molecular weight is 330 g/mol. The molecule has 5 nitrogen and oxygen atoms in total. The number of likely N-dealkylation sites (tertiary alicyclic amines) is 1. The first kappa shape index (κ1) is 17.0. The van der Waals surface area contributed by atoms with Crippen molar-refractivity contribution >= 4 is 6.09 Å². The van der Waals surface area contributed by atoms with Gasteiger partial charge in [0.1, 0.15) is 6.61 Å². The van der Waals surface area contributed by atoms with Crippen molar-refractivity contribution in [3.63, 3.8) is 0 Å². The van der Waals surface area contributed by atoms with E-state index in [0.29, 0.717) is 6.61 Å². The minimum atomic E-state index is -0.211. The van der Waals surface area contributed by atoms with E-state index in [0.717, 1.165) is 57.8 Å². The Morgan fingerprint density at radius 3 is 2.79 bits per heavy atom. The fourth-order valence-electron chi connectivity index (χ4n) is 3.17. The summed E-state index contributed by atoms with van der Waals surface area (Å²) in [5.41, 5.74) is 1.02. The smallest absolute Gasteiger partial charge is 0.410 e. The molecule has 2 saturated heterocycles. The van der Waals surface area contributed by atoms with Crippen molar-refractivity contribution in [1.29, 1.82) is 0 Å². The molecular formula is C19H26N2O3. The molecule has 0 N–H and O–H groups in total. The number of amides is 1. The zero-order valence-electron chi connectivity index (χ0n) is 14.1. The van der Waals surface area contributed by atoms with Crippen LogP contribution in [0.5, 0.6) is 0 Å². The summed E-state index contributed by atoms with van der Waals surface area (Å²) in [4.78, 5) is 16.6. The van der Waals surface area contributed by atoms with Gasteiger partial charge in [-0.1, -0.05) is 42.5 Å². The number of carbonyl (C=O) groups is 1. The first-order valence-corrected chi connectivity index (χ1v) is 8.77. The van der Waals surface area contributed by atoms with Crippen molar-refractivity contribution < 1.29 is 14.3 Å². The van der Waals surface area contributed by atoms with E-state index in [4.69, 9.17) is 9.47 Å². The molecular weight excluding hydrogens is 304 g/mol. The highest BCUT2D eigenvalue weighted by atomic mass is 16.6. The summed E-state index contributed by atoms with van der Waals surface area (Å²) in [7, 11) is 0. The molecule has 2 aliphatic rings. The summed E-state index contributed by atoms with van der Waals surface area (Å²) in [6, 6.07) is 9.97. The van der Waals surface area contributed by atoms with Crippen molar-refractivity contribution in [3.05, 3.63) is 48.0 Å². The Kier molecular flexibility index (Phi) is 6.26. The van der Waals surface area contributed by atoms with Gasteiger partial charge in [-0.3, -0.25) is 4.90 Å². The van der Waals surface area contributed by atoms with Gasteiger partial charge in [0.15, 0.2) is 0 Å². The quantitative estimate of drug-likeness (QED) is 0.779. The average Bonchev–Trinajstić information content (AvgIpc) is 3.10. The molecule has 1 atom stereocenters. The third kappa shape index (κ3) is 4.82. The molecule has 1 aromatic rings. The topological polar surface area (TPSA) is 42.0 Å². The summed E-state index contributed by atoms with van der Waals surface area (Å²) in [6.07, 6.45) is 6.18. The molecule has 0 aliphatic carbocycles. The van der Waals surface area contributed by atoms with Crippen molar-refractivity contribution in [3.8, 4) is 0 Å². The Morgan fingerprint density at radius 2 is 2.00 bits per heavy atom. The summed E-state index contributed by atoms with van der Waals surface area (Å²) < 4.78 is 10.8. The number of benzene rings is 1.